The number of rotatable bonds is 5. The average Bonchev–Trinajstić information content (AvgIpc) is 3.93. The minimum Gasteiger partial charge on any atom is -0.455 e. The summed E-state index contributed by atoms with van der Waals surface area (Å²) in [6.45, 7) is 10.0. The van der Waals surface area contributed by atoms with Gasteiger partial charge in [0, 0.05) is 49.2 Å². The lowest BCUT2D eigenvalue weighted by Crippen LogP contribution is -2.07. The second-order valence-corrected chi connectivity index (χ2v) is 14.8. The van der Waals surface area contributed by atoms with Crippen molar-refractivity contribution in [3.05, 3.63) is 207 Å². The third-order valence-corrected chi connectivity index (χ3v) is 11.5. The van der Waals surface area contributed by atoms with Crippen LogP contribution in [0.4, 0.5) is 0 Å². The fraction of sp³-hybridized carbons (Fsp3) is 0.0351. The van der Waals surface area contributed by atoms with E-state index >= 15 is 0 Å². The van der Waals surface area contributed by atoms with E-state index in [2.05, 4.69) is 188 Å². The smallest absolute Gasteiger partial charge is 0.238 e. The Bertz CT molecular complexity index is 3570. The molecule has 0 saturated carbocycles. The van der Waals surface area contributed by atoms with Gasteiger partial charge in [-0.25, -0.2) is 4.98 Å². The third kappa shape index (κ3) is 6.30. The van der Waals surface area contributed by atoms with E-state index in [4.69, 9.17) is 19.4 Å². The first kappa shape index (κ1) is 38.1. The van der Waals surface area contributed by atoms with Crippen LogP contribution in [-0.4, -0.2) is 19.5 Å². The zero-order chi connectivity index (χ0) is 42.2. The van der Waals surface area contributed by atoms with Crippen LogP contribution in [0, 0.1) is 0 Å². The van der Waals surface area contributed by atoms with Crippen molar-refractivity contribution in [2.24, 2.45) is 0 Å². The molecule has 12 aromatic rings. The Morgan fingerprint density at radius 2 is 0.887 bits per heavy atom. The van der Waals surface area contributed by atoms with Crippen LogP contribution in [0.1, 0.15) is 13.8 Å². The summed E-state index contributed by atoms with van der Waals surface area (Å²) in [6, 6.07) is 67.9. The highest BCUT2D eigenvalue weighted by molar-refractivity contribution is 6.24. The predicted molar refractivity (Wildman–Crippen MR) is 261 cm³/mol. The zero-order valence-electron chi connectivity index (χ0n) is 34.6. The van der Waals surface area contributed by atoms with Crippen molar-refractivity contribution in [2.75, 3.05) is 0 Å². The van der Waals surface area contributed by atoms with Crippen LogP contribution in [-0.2, 0) is 0 Å². The molecule has 0 N–H and O–H groups in total. The Morgan fingerprint density at radius 3 is 1.60 bits per heavy atom. The van der Waals surface area contributed by atoms with E-state index < -0.39 is 0 Å². The lowest BCUT2D eigenvalue weighted by atomic mass is 9.98. The van der Waals surface area contributed by atoms with Crippen LogP contribution in [0.3, 0.4) is 0 Å². The van der Waals surface area contributed by atoms with Gasteiger partial charge in [0.05, 0.1) is 11.0 Å². The summed E-state index contributed by atoms with van der Waals surface area (Å²) >= 11 is 0. The van der Waals surface area contributed by atoms with Gasteiger partial charge in [-0.05, 0) is 33.4 Å². The fourth-order valence-electron chi connectivity index (χ4n) is 8.78. The van der Waals surface area contributed by atoms with Crippen molar-refractivity contribution < 1.29 is 4.42 Å². The van der Waals surface area contributed by atoms with Crippen LogP contribution in [0.2, 0.25) is 0 Å². The second-order valence-electron chi connectivity index (χ2n) is 14.8. The van der Waals surface area contributed by atoms with Crippen molar-refractivity contribution in [3.63, 3.8) is 0 Å². The van der Waals surface area contributed by atoms with Gasteiger partial charge in [-0.15, -0.1) is 13.2 Å². The topological polar surface area (TPSA) is 56.7 Å². The maximum absolute atomic E-state index is 6.83. The molecule has 0 spiro atoms. The number of fused-ring (bicyclic) bond motifs is 10. The normalized spacial score (nSPS) is 11.2. The molecule has 0 amide bonds. The quantitative estimate of drug-likeness (QED) is 0.163. The predicted octanol–water partition coefficient (Wildman–Crippen LogP) is 15.7. The molecule has 5 nitrogen and oxygen atoms in total. The first-order valence-electron chi connectivity index (χ1n) is 21.0. The lowest BCUT2D eigenvalue weighted by molar-refractivity contribution is 0.670. The number of hydrogen-bond acceptors (Lipinski definition) is 4. The lowest BCUT2D eigenvalue weighted by Gasteiger charge is -2.14. The van der Waals surface area contributed by atoms with Gasteiger partial charge >= 0.3 is 0 Å². The van der Waals surface area contributed by atoms with Gasteiger partial charge in [0.15, 0.2) is 11.6 Å². The molecule has 0 radical (unpaired) electrons. The number of furan rings is 1. The van der Waals surface area contributed by atoms with Gasteiger partial charge in [-0.3, -0.25) is 4.57 Å². The molecule has 0 bridgehead atoms. The van der Waals surface area contributed by atoms with Crippen LogP contribution >= 0.6 is 0 Å². The molecular formula is C57H42N4O. The van der Waals surface area contributed by atoms with Crippen molar-refractivity contribution in [1.29, 1.82) is 0 Å². The molecule has 0 saturated heterocycles. The summed E-state index contributed by atoms with van der Waals surface area (Å²) in [4.78, 5) is 15.8. The van der Waals surface area contributed by atoms with Crippen LogP contribution in [0.25, 0.3) is 116 Å². The molecule has 296 valence electrons. The molecule has 62 heavy (non-hydrogen) atoms. The number of hydrogen-bond donors (Lipinski definition) is 0. The Hall–Kier alpha value is -8.15. The number of para-hydroxylation sites is 2. The molecule has 0 atom stereocenters. The van der Waals surface area contributed by atoms with E-state index in [9.17, 15) is 0 Å². The molecule has 0 aliphatic rings. The summed E-state index contributed by atoms with van der Waals surface area (Å²) < 4.78 is 9.09. The summed E-state index contributed by atoms with van der Waals surface area (Å²) in [6.07, 6.45) is 0. The molecular weight excluding hydrogens is 757 g/mol. The molecule has 12 rings (SSSR count). The molecule has 5 heteroatoms. The van der Waals surface area contributed by atoms with E-state index in [-0.39, 0.29) is 0 Å². The van der Waals surface area contributed by atoms with Crippen molar-refractivity contribution in [1.82, 2.24) is 19.5 Å². The molecule has 3 aromatic heterocycles. The van der Waals surface area contributed by atoms with Gasteiger partial charge in [-0.1, -0.05) is 202 Å². The van der Waals surface area contributed by atoms with Crippen molar-refractivity contribution in [2.45, 2.75) is 13.8 Å². The van der Waals surface area contributed by atoms with Gasteiger partial charge in [-0.2, -0.15) is 9.97 Å². The summed E-state index contributed by atoms with van der Waals surface area (Å²) in [5.41, 5.74) is 9.91. The van der Waals surface area contributed by atoms with Crippen LogP contribution in [0.5, 0.6) is 0 Å². The maximum atomic E-state index is 6.83. The Balaban J connectivity index is 0.00000112. The van der Waals surface area contributed by atoms with E-state index in [1.165, 1.54) is 10.8 Å². The number of benzene rings is 9. The molecule has 9 aromatic carbocycles. The van der Waals surface area contributed by atoms with Gasteiger partial charge in [0.2, 0.25) is 5.95 Å². The highest BCUT2D eigenvalue weighted by Gasteiger charge is 2.24. The second kappa shape index (κ2) is 16.1. The van der Waals surface area contributed by atoms with Gasteiger partial charge in [0.25, 0.3) is 0 Å². The number of aromatic nitrogens is 4. The van der Waals surface area contributed by atoms with E-state index in [0.29, 0.717) is 17.6 Å². The summed E-state index contributed by atoms with van der Waals surface area (Å²) in [7, 11) is 0. The highest BCUT2D eigenvalue weighted by atomic mass is 16.3. The Morgan fingerprint density at radius 1 is 0.387 bits per heavy atom. The Kier molecular flexibility index (Phi) is 9.91. The minimum atomic E-state index is 0.544. The largest absolute Gasteiger partial charge is 0.455 e. The van der Waals surface area contributed by atoms with Crippen LogP contribution < -0.4 is 0 Å². The minimum absolute atomic E-state index is 0.544. The summed E-state index contributed by atoms with van der Waals surface area (Å²) in [5.74, 6) is 1.75. The SMILES string of the molecule is C=C.CC.c1ccc(-c2ccc(-c3nc(-c4ccccc4)nc(-n4c5c(-c6cccc7c6oc6ccc8ccccc8c67)cccc5c5ccc6ccccc6c54)n3)cc2)cc1. The maximum Gasteiger partial charge on any atom is 0.238 e. The zero-order valence-corrected chi connectivity index (χ0v) is 34.6. The van der Waals surface area contributed by atoms with E-state index in [1.54, 1.807) is 0 Å². The Labute approximate surface area is 359 Å². The fourth-order valence-corrected chi connectivity index (χ4v) is 8.78. The number of nitrogens with zero attached hydrogens (tertiary/aromatic N) is 4. The van der Waals surface area contributed by atoms with Crippen molar-refractivity contribution >= 4 is 65.3 Å². The molecule has 0 aliphatic carbocycles. The van der Waals surface area contributed by atoms with Gasteiger partial charge < -0.3 is 4.42 Å². The highest BCUT2D eigenvalue weighted by Crippen LogP contribution is 2.44. The molecule has 0 unspecified atom stereocenters. The standard InChI is InChI=1S/C53H32N4O.C2H6.C2H4/c1-3-13-33(14-4-1)34-25-27-38(28-26-34)52-54-51(37-17-5-2-6-18-37)55-53(56-52)57-48-40-20-10-8-16-36(40)29-31-43(48)41-21-11-22-42(49(41)57)44-23-12-24-45-47-39-19-9-7-15-35(39)30-32-46(47)58-50(44)45;2*1-2/h1-32H;1-2H3;1-2H2. The summed E-state index contributed by atoms with van der Waals surface area (Å²) in [5, 5.41) is 9.06. The average molecular weight is 799 g/mol. The molecule has 0 aliphatic heterocycles. The monoisotopic (exact) mass is 798 g/mol. The first-order chi connectivity index (χ1) is 30.8. The van der Waals surface area contributed by atoms with Crippen LogP contribution in [0.15, 0.2) is 212 Å². The third-order valence-electron chi connectivity index (χ3n) is 11.5. The van der Waals surface area contributed by atoms with E-state index in [1.807, 2.05) is 38.1 Å². The van der Waals surface area contributed by atoms with Gasteiger partial charge in [0.1, 0.15) is 11.2 Å². The van der Waals surface area contributed by atoms with E-state index in [0.717, 1.165) is 87.9 Å². The molecule has 0 fully saturated rings. The molecule has 3 heterocycles. The first-order valence-corrected chi connectivity index (χ1v) is 21.0. The van der Waals surface area contributed by atoms with Crippen molar-refractivity contribution in [3.8, 4) is 51.0 Å².